The third-order valence-electron chi connectivity index (χ3n) is 2.68. The van der Waals surface area contributed by atoms with Crippen molar-refractivity contribution in [3.63, 3.8) is 0 Å². The predicted octanol–water partition coefficient (Wildman–Crippen LogP) is 2.72. The molecule has 19 heavy (non-hydrogen) atoms. The maximum absolute atomic E-state index is 10.7. The minimum absolute atomic E-state index is 0.00985. The molecule has 0 aliphatic carbocycles. The molecule has 0 aromatic carbocycles. The fourth-order valence-corrected chi connectivity index (χ4v) is 2.48. The molecule has 0 saturated carbocycles. The van der Waals surface area contributed by atoms with Crippen molar-refractivity contribution in [1.29, 1.82) is 0 Å². The van der Waals surface area contributed by atoms with Gasteiger partial charge in [0.1, 0.15) is 5.82 Å². The average Bonchev–Trinajstić information content (AvgIpc) is 2.69. The molecule has 0 aliphatic heterocycles. The molecule has 0 unspecified atom stereocenters. The standard InChI is InChI=1S/C12H21N3O2S2/c1-8(2)10-13-14-11(19-6-9(16)17)15(10)7-12(3,4)18-5/h8H,6-7H2,1-5H3,(H,16,17). The second-order valence-corrected chi connectivity index (χ2v) is 7.68. The van der Waals surface area contributed by atoms with Gasteiger partial charge in [-0.3, -0.25) is 4.79 Å². The zero-order valence-electron chi connectivity index (χ0n) is 12.0. The van der Waals surface area contributed by atoms with E-state index in [1.54, 1.807) is 11.8 Å². The second-order valence-electron chi connectivity index (χ2n) is 5.23. The van der Waals surface area contributed by atoms with Gasteiger partial charge >= 0.3 is 5.97 Å². The van der Waals surface area contributed by atoms with Crippen LogP contribution in [-0.2, 0) is 11.3 Å². The molecule has 1 aromatic heterocycles. The van der Waals surface area contributed by atoms with Crippen LogP contribution in [0.1, 0.15) is 39.4 Å². The lowest BCUT2D eigenvalue weighted by atomic mass is 10.1. The number of aliphatic carboxylic acids is 1. The summed E-state index contributed by atoms with van der Waals surface area (Å²) in [4.78, 5) is 10.7. The number of aromatic nitrogens is 3. The van der Waals surface area contributed by atoms with Gasteiger partial charge in [-0.2, -0.15) is 11.8 Å². The molecule has 7 heteroatoms. The second kappa shape index (κ2) is 6.65. The normalized spacial score (nSPS) is 12.1. The third kappa shape index (κ3) is 4.72. The number of carbonyl (C=O) groups is 1. The Morgan fingerprint density at radius 1 is 1.42 bits per heavy atom. The van der Waals surface area contributed by atoms with Crippen molar-refractivity contribution < 1.29 is 9.90 Å². The van der Waals surface area contributed by atoms with E-state index in [-0.39, 0.29) is 16.4 Å². The number of rotatable bonds is 7. The van der Waals surface area contributed by atoms with Crippen LogP contribution < -0.4 is 0 Å². The van der Waals surface area contributed by atoms with E-state index in [0.717, 1.165) is 12.4 Å². The Hall–Kier alpha value is -0.690. The van der Waals surface area contributed by atoms with Crippen LogP contribution in [0.2, 0.25) is 0 Å². The Labute approximate surface area is 122 Å². The lowest BCUT2D eigenvalue weighted by molar-refractivity contribution is -0.133. The Kier molecular flexibility index (Phi) is 5.73. The van der Waals surface area contributed by atoms with Gasteiger partial charge in [0, 0.05) is 17.2 Å². The fraction of sp³-hybridized carbons (Fsp3) is 0.750. The van der Waals surface area contributed by atoms with E-state index in [1.807, 2.05) is 0 Å². The number of thioether (sulfide) groups is 2. The SMILES string of the molecule is CSC(C)(C)Cn1c(SCC(=O)O)nnc1C(C)C. The van der Waals surface area contributed by atoms with E-state index in [0.29, 0.717) is 5.16 Å². The van der Waals surface area contributed by atoms with Crippen LogP contribution in [0, 0.1) is 0 Å². The molecule has 108 valence electrons. The van der Waals surface area contributed by atoms with E-state index in [9.17, 15) is 4.79 Å². The van der Waals surface area contributed by atoms with Crippen LogP contribution in [0.4, 0.5) is 0 Å². The van der Waals surface area contributed by atoms with E-state index >= 15 is 0 Å². The van der Waals surface area contributed by atoms with E-state index in [4.69, 9.17) is 5.11 Å². The molecule has 0 fully saturated rings. The zero-order valence-corrected chi connectivity index (χ0v) is 13.6. The first-order chi connectivity index (χ1) is 8.76. The molecule has 1 N–H and O–H groups in total. The molecular weight excluding hydrogens is 282 g/mol. The van der Waals surface area contributed by atoms with Gasteiger partial charge in [0.25, 0.3) is 0 Å². The largest absolute Gasteiger partial charge is 0.481 e. The molecular formula is C12H21N3O2S2. The summed E-state index contributed by atoms with van der Waals surface area (Å²) in [5.41, 5.74) is 0. The Balaban J connectivity index is 3.01. The van der Waals surface area contributed by atoms with Crippen molar-refractivity contribution in [1.82, 2.24) is 14.8 Å². The number of nitrogens with zero attached hydrogens (tertiary/aromatic N) is 3. The van der Waals surface area contributed by atoms with Gasteiger partial charge in [-0.05, 0) is 20.1 Å². The third-order valence-corrected chi connectivity index (χ3v) is 4.86. The average molecular weight is 303 g/mol. The maximum atomic E-state index is 10.7. The zero-order chi connectivity index (χ0) is 14.6. The van der Waals surface area contributed by atoms with E-state index in [2.05, 4.69) is 48.7 Å². The molecule has 1 heterocycles. The highest BCUT2D eigenvalue weighted by Gasteiger charge is 2.23. The number of hydrogen-bond donors (Lipinski definition) is 1. The Bertz CT molecular complexity index is 444. The Morgan fingerprint density at radius 3 is 2.53 bits per heavy atom. The highest BCUT2D eigenvalue weighted by Crippen LogP contribution is 2.28. The first kappa shape index (κ1) is 16.4. The van der Waals surface area contributed by atoms with Crippen molar-refractivity contribution in [2.45, 2.75) is 50.1 Å². The van der Waals surface area contributed by atoms with Crippen molar-refractivity contribution in [3.8, 4) is 0 Å². The maximum Gasteiger partial charge on any atom is 0.313 e. The lowest BCUT2D eigenvalue weighted by Gasteiger charge is -2.24. The molecule has 0 spiro atoms. The number of carboxylic acids is 1. The first-order valence-corrected chi connectivity index (χ1v) is 8.30. The number of hydrogen-bond acceptors (Lipinski definition) is 5. The topological polar surface area (TPSA) is 68.0 Å². The summed E-state index contributed by atoms with van der Waals surface area (Å²) in [5, 5.41) is 17.8. The molecule has 0 radical (unpaired) electrons. The lowest BCUT2D eigenvalue weighted by Crippen LogP contribution is -2.24. The minimum atomic E-state index is -0.838. The number of carboxylic acid groups (broad SMARTS) is 1. The molecule has 1 aromatic rings. The van der Waals surface area contributed by atoms with Gasteiger partial charge in [-0.25, -0.2) is 0 Å². The summed E-state index contributed by atoms with van der Waals surface area (Å²) in [7, 11) is 0. The van der Waals surface area contributed by atoms with Crippen LogP contribution in [0.15, 0.2) is 5.16 Å². The smallest absolute Gasteiger partial charge is 0.313 e. The van der Waals surface area contributed by atoms with E-state index < -0.39 is 5.97 Å². The quantitative estimate of drug-likeness (QED) is 0.781. The minimum Gasteiger partial charge on any atom is -0.481 e. The van der Waals surface area contributed by atoms with Gasteiger partial charge in [0.2, 0.25) is 0 Å². The predicted molar refractivity (Wildman–Crippen MR) is 80.1 cm³/mol. The van der Waals surface area contributed by atoms with Gasteiger partial charge in [-0.15, -0.1) is 10.2 Å². The highest BCUT2D eigenvalue weighted by molar-refractivity contribution is 8.00. The van der Waals surface area contributed by atoms with Crippen molar-refractivity contribution in [2.24, 2.45) is 0 Å². The summed E-state index contributed by atoms with van der Waals surface area (Å²) >= 11 is 3.00. The molecule has 0 bridgehead atoms. The van der Waals surface area contributed by atoms with Crippen LogP contribution >= 0.6 is 23.5 Å². The summed E-state index contributed by atoms with van der Waals surface area (Å²) < 4.78 is 2.11. The fourth-order valence-electron chi connectivity index (χ4n) is 1.55. The molecule has 0 amide bonds. The van der Waals surface area contributed by atoms with Crippen molar-refractivity contribution in [3.05, 3.63) is 5.82 Å². The Morgan fingerprint density at radius 2 is 2.05 bits per heavy atom. The van der Waals surface area contributed by atoms with Crippen LogP contribution in [0.25, 0.3) is 0 Å². The van der Waals surface area contributed by atoms with Crippen LogP contribution in [0.3, 0.4) is 0 Å². The highest BCUT2D eigenvalue weighted by atomic mass is 32.2. The molecule has 5 nitrogen and oxygen atoms in total. The van der Waals surface area contributed by atoms with Crippen molar-refractivity contribution >= 4 is 29.5 Å². The van der Waals surface area contributed by atoms with Gasteiger partial charge < -0.3 is 9.67 Å². The summed E-state index contributed by atoms with van der Waals surface area (Å²) in [5.74, 6) is 0.352. The summed E-state index contributed by atoms with van der Waals surface area (Å²) in [6.07, 6.45) is 2.07. The summed E-state index contributed by atoms with van der Waals surface area (Å²) in [6.45, 7) is 9.23. The summed E-state index contributed by atoms with van der Waals surface area (Å²) in [6, 6.07) is 0. The van der Waals surface area contributed by atoms with Crippen LogP contribution in [-0.4, -0.2) is 42.6 Å². The van der Waals surface area contributed by atoms with Gasteiger partial charge in [0.05, 0.1) is 5.75 Å². The molecule has 0 atom stereocenters. The molecule has 1 rings (SSSR count). The monoisotopic (exact) mass is 303 g/mol. The molecule has 0 aliphatic rings. The van der Waals surface area contributed by atoms with E-state index in [1.165, 1.54) is 11.8 Å². The molecule has 0 saturated heterocycles. The van der Waals surface area contributed by atoms with Crippen molar-refractivity contribution in [2.75, 3.05) is 12.0 Å². The van der Waals surface area contributed by atoms with Gasteiger partial charge in [0.15, 0.2) is 5.16 Å². The first-order valence-electron chi connectivity index (χ1n) is 6.09. The van der Waals surface area contributed by atoms with Gasteiger partial charge in [-0.1, -0.05) is 25.6 Å². The van der Waals surface area contributed by atoms with Crippen LogP contribution in [0.5, 0.6) is 0 Å².